The first-order valence-electron chi connectivity index (χ1n) is 8.10. The van der Waals surface area contributed by atoms with E-state index in [1.807, 2.05) is 0 Å². The lowest BCUT2D eigenvalue weighted by Gasteiger charge is -2.24. The van der Waals surface area contributed by atoms with Crippen LogP contribution in [0.25, 0.3) is 0 Å². The fraction of sp³-hybridized carbons (Fsp3) is 0.867. The predicted molar refractivity (Wildman–Crippen MR) is 80.2 cm³/mol. The number of carbonyl (C=O) groups excluding carboxylic acids is 1. The number of rotatable bonds is 7. The summed E-state index contributed by atoms with van der Waals surface area (Å²) in [6.07, 6.45) is 6.71. The lowest BCUT2D eigenvalue weighted by molar-refractivity contribution is -0.148. The van der Waals surface area contributed by atoms with E-state index in [1.54, 1.807) is 0 Å². The summed E-state index contributed by atoms with van der Waals surface area (Å²) in [5, 5.41) is 14.9. The summed E-state index contributed by atoms with van der Waals surface area (Å²) >= 11 is 0. The highest BCUT2D eigenvalue weighted by atomic mass is 16.4. The van der Waals surface area contributed by atoms with Crippen LogP contribution in [0.2, 0.25) is 0 Å². The van der Waals surface area contributed by atoms with Gasteiger partial charge in [-0.2, -0.15) is 0 Å². The number of carboxylic acid groups (broad SMARTS) is 1. The van der Waals surface area contributed by atoms with Gasteiger partial charge in [0.25, 0.3) is 0 Å². The number of nitrogens with zero attached hydrogens (tertiary/aromatic N) is 1. The molecular weight excluding hydrogens is 270 g/mol. The van der Waals surface area contributed by atoms with Gasteiger partial charge in [-0.25, -0.2) is 4.79 Å². The Kier molecular flexibility index (Phi) is 5.85. The highest BCUT2D eigenvalue weighted by Crippen LogP contribution is 2.37. The minimum atomic E-state index is -0.783. The quantitative estimate of drug-likeness (QED) is 0.621. The summed E-state index contributed by atoms with van der Waals surface area (Å²) < 4.78 is 0. The SMILES string of the molecule is O=C(NCCCN1CCCC1)NCC1(C(=O)O)CCCC1. The Morgan fingerprint density at radius 1 is 1.05 bits per heavy atom. The third-order valence-corrected chi connectivity index (χ3v) is 4.74. The van der Waals surface area contributed by atoms with Crippen LogP contribution in [0.1, 0.15) is 44.9 Å². The van der Waals surface area contributed by atoms with Crippen LogP contribution in [0, 0.1) is 5.41 Å². The second kappa shape index (κ2) is 7.64. The molecule has 2 rings (SSSR count). The van der Waals surface area contributed by atoms with E-state index in [0.29, 0.717) is 19.4 Å². The maximum atomic E-state index is 11.7. The average molecular weight is 297 g/mol. The Morgan fingerprint density at radius 3 is 2.33 bits per heavy atom. The summed E-state index contributed by atoms with van der Waals surface area (Å²) in [4.78, 5) is 25.5. The number of hydrogen-bond acceptors (Lipinski definition) is 3. The molecule has 2 amide bonds. The predicted octanol–water partition coefficient (Wildman–Crippen LogP) is 1.42. The van der Waals surface area contributed by atoms with Gasteiger partial charge < -0.3 is 20.6 Å². The molecule has 1 aliphatic carbocycles. The van der Waals surface area contributed by atoms with Gasteiger partial charge >= 0.3 is 12.0 Å². The zero-order valence-corrected chi connectivity index (χ0v) is 12.7. The number of carbonyl (C=O) groups is 2. The van der Waals surface area contributed by atoms with Gasteiger partial charge in [0.1, 0.15) is 0 Å². The fourth-order valence-corrected chi connectivity index (χ4v) is 3.34. The highest BCUT2D eigenvalue weighted by Gasteiger charge is 2.41. The molecule has 0 atom stereocenters. The summed E-state index contributed by atoms with van der Waals surface area (Å²) in [6.45, 7) is 4.25. The number of aliphatic carboxylic acids is 1. The smallest absolute Gasteiger partial charge is 0.314 e. The molecule has 0 aromatic heterocycles. The van der Waals surface area contributed by atoms with Crippen molar-refractivity contribution in [3.05, 3.63) is 0 Å². The van der Waals surface area contributed by atoms with Crippen LogP contribution in [0.5, 0.6) is 0 Å². The number of urea groups is 1. The van der Waals surface area contributed by atoms with Gasteiger partial charge in [0.15, 0.2) is 0 Å². The molecule has 1 saturated heterocycles. The molecule has 0 radical (unpaired) electrons. The Labute approximate surface area is 126 Å². The summed E-state index contributed by atoms with van der Waals surface area (Å²) in [6, 6.07) is -0.246. The molecule has 0 bridgehead atoms. The van der Waals surface area contributed by atoms with Crippen LogP contribution in [0.3, 0.4) is 0 Å². The first-order valence-corrected chi connectivity index (χ1v) is 8.10. The second-order valence-electron chi connectivity index (χ2n) is 6.30. The van der Waals surface area contributed by atoms with Crippen LogP contribution >= 0.6 is 0 Å². The van der Waals surface area contributed by atoms with Crippen LogP contribution in [-0.4, -0.2) is 54.7 Å². The van der Waals surface area contributed by atoms with Crippen LogP contribution in [-0.2, 0) is 4.79 Å². The van der Waals surface area contributed by atoms with Crippen molar-refractivity contribution in [2.24, 2.45) is 5.41 Å². The number of nitrogens with one attached hydrogen (secondary N) is 2. The average Bonchev–Trinajstić information content (AvgIpc) is 3.13. The van der Waals surface area contributed by atoms with E-state index in [-0.39, 0.29) is 12.6 Å². The molecular formula is C15H27N3O3. The van der Waals surface area contributed by atoms with Crippen molar-refractivity contribution in [3.8, 4) is 0 Å². The van der Waals surface area contributed by atoms with Crippen LogP contribution in [0.15, 0.2) is 0 Å². The Hall–Kier alpha value is -1.30. The number of hydrogen-bond donors (Lipinski definition) is 3. The standard InChI is InChI=1S/C15H27N3O3/c19-13(20)15(6-1-2-7-15)12-17-14(21)16-8-5-11-18-9-3-4-10-18/h1-12H2,(H,19,20)(H2,16,17,21). The summed E-state index contributed by atoms with van der Waals surface area (Å²) in [5.41, 5.74) is -0.743. The molecule has 0 unspecified atom stereocenters. The van der Waals surface area contributed by atoms with Gasteiger partial charge in [0.2, 0.25) is 0 Å². The van der Waals surface area contributed by atoms with Gasteiger partial charge in [-0.3, -0.25) is 4.79 Å². The zero-order chi connectivity index (χ0) is 15.1. The molecule has 0 spiro atoms. The number of amides is 2. The number of likely N-dealkylation sites (tertiary alicyclic amines) is 1. The van der Waals surface area contributed by atoms with Gasteiger partial charge in [0.05, 0.1) is 5.41 Å². The third kappa shape index (κ3) is 4.59. The van der Waals surface area contributed by atoms with Gasteiger partial charge in [-0.05, 0) is 51.7 Å². The zero-order valence-electron chi connectivity index (χ0n) is 12.7. The van der Waals surface area contributed by atoms with E-state index in [9.17, 15) is 14.7 Å². The highest BCUT2D eigenvalue weighted by molar-refractivity contribution is 5.78. The molecule has 1 aliphatic heterocycles. The molecule has 3 N–H and O–H groups in total. The van der Waals surface area contributed by atoms with E-state index in [2.05, 4.69) is 15.5 Å². The molecule has 1 heterocycles. The minimum absolute atomic E-state index is 0.236. The van der Waals surface area contributed by atoms with Gasteiger partial charge in [-0.15, -0.1) is 0 Å². The lowest BCUT2D eigenvalue weighted by Crippen LogP contribution is -2.45. The van der Waals surface area contributed by atoms with E-state index in [0.717, 1.165) is 25.8 Å². The van der Waals surface area contributed by atoms with Crippen molar-refractivity contribution in [1.29, 1.82) is 0 Å². The maximum Gasteiger partial charge on any atom is 0.314 e. The number of carboxylic acids is 1. The molecule has 21 heavy (non-hydrogen) atoms. The lowest BCUT2D eigenvalue weighted by atomic mass is 9.86. The van der Waals surface area contributed by atoms with E-state index in [1.165, 1.54) is 25.9 Å². The first-order chi connectivity index (χ1) is 10.1. The van der Waals surface area contributed by atoms with Crippen molar-refractivity contribution in [1.82, 2.24) is 15.5 Å². The molecule has 6 heteroatoms. The van der Waals surface area contributed by atoms with E-state index >= 15 is 0 Å². The molecule has 0 aromatic carbocycles. The second-order valence-corrected chi connectivity index (χ2v) is 6.30. The normalized spacial score (nSPS) is 21.3. The topological polar surface area (TPSA) is 81.7 Å². The van der Waals surface area contributed by atoms with Crippen molar-refractivity contribution < 1.29 is 14.7 Å². The minimum Gasteiger partial charge on any atom is -0.481 e. The van der Waals surface area contributed by atoms with Crippen LogP contribution in [0.4, 0.5) is 4.79 Å². The van der Waals surface area contributed by atoms with Crippen LogP contribution < -0.4 is 10.6 Å². The Bertz CT molecular complexity index is 361. The van der Waals surface area contributed by atoms with Crippen molar-refractivity contribution in [2.75, 3.05) is 32.7 Å². The monoisotopic (exact) mass is 297 g/mol. The molecule has 2 fully saturated rings. The maximum absolute atomic E-state index is 11.7. The molecule has 1 saturated carbocycles. The van der Waals surface area contributed by atoms with Crippen molar-refractivity contribution in [3.63, 3.8) is 0 Å². The van der Waals surface area contributed by atoms with Gasteiger partial charge in [0, 0.05) is 13.1 Å². The van der Waals surface area contributed by atoms with Gasteiger partial charge in [-0.1, -0.05) is 12.8 Å². The van der Waals surface area contributed by atoms with E-state index < -0.39 is 11.4 Å². The summed E-state index contributed by atoms with van der Waals surface area (Å²) in [7, 11) is 0. The molecule has 2 aliphatic rings. The Morgan fingerprint density at radius 2 is 1.71 bits per heavy atom. The largest absolute Gasteiger partial charge is 0.481 e. The molecule has 0 aromatic rings. The van der Waals surface area contributed by atoms with Crippen molar-refractivity contribution in [2.45, 2.75) is 44.9 Å². The molecule has 6 nitrogen and oxygen atoms in total. The Balaban J connectivity index is 1.59. The fourth-order valence-electron chi connectivity index (χ4n) is 3.34. The molecule has 120 valence electrons. The summed E-state index contributed by atoms with van der Waals surface area (Å²) in [5.74, 6) is -0.783. The first kappa shape index (κ1) is 16.1. The van der Waals surface area contributed by atoms with Crippen molar-refractivity contribution >= 4 is 12.0 Å². The van der Waals surface area contributed by atoms with E-state index in [4.69, 9.17) is 0 Å². The third-order valence-electron chi connectivity index (χ3n) is 4.74.